The first-order valence-electron chi connectivity index (χ1n) is 6.45. The van der Waals surface area contributed by atoms with Gasteiger partial charge < -0.3 is 10.1 Å². The van der Waals surface area contributed by atoms with E-state index in [9.17, 15) is 8.42 Å². The smallest absolute Gasteiger partial charge is 0.242 e. The Labute approximate surface area is 136 Å². The first-order valence-corrected chi connectivity index (χ1v) is 8.69. The van der Waals surface area contributed by atoms with E-state index < -0.39 is 10.0 Å². The number of hydrogen-bond acceptors (Lipinski definition) is 4. The third-order valence-electron chi connectivity index (χ3n) is 2.93. The molecule has 5 nitrogen and oxygen atoms in total. The maximum atomic E-state index is 12.4. The summed E-state index contributed by atoms with van der Waals surface area (Å²) in [7, 11) is -2.09. The monoisotopic (exact) mass is 354 g/mol. The number of rotatable bonds is 8. The molecule has 0 aliphatic carbocycles. The van der Waals surface area contributed by atoms with E-state index in [4.69, 9.17) is 27.9 Å². The molecule has 0 bridgehead atoms. The highest BCUT2D eigenvalue weighted by Gasteiger charge is 2.23. The zero-order valence-electron chi connectivity index (χ0n) is 12.3. The predicted molar refractivity (Wildman–Crippen MR) is 85.9 cm³/mol. The molecule has 0 atom stereocenters. The summed E-state index contributed by atoms with van der Waals surface area (Å²) in [5.74, 6) is 0. The fourth-order valence-electron chi connectivity index (χ4n) is 1.78. The van der Waals surface area contributed by atoms with Crippen LogP contribution in [0.3, 0.4) is 0 Å². The molecular formula is C13H20Cl2N2O3S. The van der Waals surface area contributed by atoms with Gasteiger partial charge in [0.2, 0.25) is 10.0 Å². The van der Waals surface area contributed by atoms with Crippen molar-refractivity contribution < 1.29 is 13.2 Å². The van der Waals surface area contributed by atoms with Crippen molar-refractivity contribution in [3.8, 4) is 0 Å². The van der Waals surface area contributed by atoms with Crippen molar-refractivity contribution in [2.45, 2.75) is 18.7 Å². The molecular weight excluding hydrogens is 335 g/mol. The van der Waals surface area contributed by atoms with Crippen LogP contribution < -0.4 is 10.0 Å². The van der Waals surface area contributed by atoms with E-state index in [1.54, 1.807) is 27.0 Å². The van der Waals surface area contributed by atoms with Gasteiger partial charge in [0, 0.05) is 31.8 Å². The zero-order valence-corrected chi connectivity index (χ0v) is 14.6. The molecule has 0 fully saturated rings. The molecule has 8 heteroatoms. The fourth-order valence-corrected chi connectivity index (χ4v) is 4.02. The van der Waals surface area contributed by atoms with Crippen LogP contribution in [-0.4, -0.2) is 41.8 Å². The minimum Gasteiger partial charge on any atom is -0.383 e. The molecule has 0 unspecified atom stereocenters. The third-order valence-corrected chi connectivity index (χ3v) is 5.56. The Kier molecular flexibility index (Phi) is 7.39. The van der Waals surface area contributed by atoms with Crippen LogP contribution in [0, 0.1) is 13.8 Å². The minimum absolute atomic E-state index is 0.0473. The van der Waals surface area contributed by atoms with E-state index in [1.165, 1.54) is 0 Å². The topological polar surface area (TPSA) is 67.4 Å². The Morgan fingerprint density at radius 3 is 2.48 bits per heavy atom. The van der Waals surface area contributed by atoms with Crippen LogP contribution in [-0.2, 0) is 14.8 Å². The van der Waals surface area contributed by atoms with Crippen LogP contribution in [0.1, 0.15) is 11.1 Å². The number of sulfonamides is 1. The van der Waals surface area contributed by atoms with Gasteiger partial charge in [0.15, 0.2) is 0 Å². The molecule has 0 aromatic heterocycles. The Hall–Kier alpha value is -0.370. The summed E-state index contributed by atoms with van der Waals surface area (Å²) < 4.78 is 32.1. The van der Waals surface area contributed by atoms with Gasteiger partial charge in [0.05, 0.1) is 11.6 Å². The molecule has 0 aliphatic rings. The lowest BCUT2D eigenvalue weighted by molar-refractivity contribution is 0.199. The molecule has 0 amide bonds. The number of nitrogens with one attached hydrogen (secondary N) is 2. The second-order valence-electron chi connectivity index (χ2n) is 4.58. The van der Waals surface area contributed by atoms with E-state index in [-0.39, 0.29) is 16.5 Å². The Bertz CT molecular complexity index is 565. The largest absolute Gasteiger partial charge is 0.383 e. The molecule has 120 valence electrons. The molecule has 1 aromatic rings. The van der Waals surface area contributed by atoms with Crippen molar-refractivity contribution in [1.82, 2.24) is 10.0 Å². The van der Waals surface area contributed by atoms with Crippen molar-refractivity contribution in [3.63, 3.8) is 0 Å². The van der Waals surface area contributed by atoms with Crippen LogP contribution in [0.2, 0.25) is 10.0 Å². The van der Waals surface area contributed by atoms with E-state index in [0.29, 0.717) is 35.8 Å². The van der Waals surface area contributed by atoms with E-state index in [2.05, 4.69) is 10.0 Å². The Morgan fingerprint density at radius 2 is 1.86 bits per heavy atom. The Balaban J connectivity index is 2.80. The molecule has 0 heterocycles. The highest BCUT2D eigenvalue weighted by atomic mass is 35.5. The highest BCUT2D eigenvalue weighted by molar-refractivity contribution is 7.89. The summed E-state index contributed by atoms with van der Waals surface area (Å²) in [5.41, 5.74) is 1.08. The van der Waals surface area contributed by atoms with E-state index >= 15 is 0 Å². The SMILES string of the molecule is COCCNCCNS(=O)(=O)c1c(C)c(Cl)cc(C)c1Cl. The van der Waals surface area contributed by atoms with Crippen molar-refractivity contribution in [3.05, 3.63) is 27.2 Å². The fraction of sp³-hybridized carbons (Fsp3) is 0.538. The van der Waals surface area contributed by atoms with Crippen molar-refractivity contribution in [1.29, 1.82) is 0 Å². The summed E-state index contributed by atoms with van der Waals surface area (Å²) in [6.45, 7) is 5.35. The average molecular weight is 355 g/mol. The van der Waals surface area contributed by atoms with E-state index in [1.807, 2.05) is 0 Å². The first kappa shape index (κ1) is 18.7. The Morgan fingerprint density at radius 1 is 1.19 bits per heavy atom. The normalized spacial score (nSPS) is 11.9. The van der Waals surface area contributed by atoms with Gasteiger partial charge in [-0.25, -0.2) is 13.1 Å². The van der Waals surface area contributed by atoms with Crippen molar-refractivity contribution >= 4 is 33.2 Å². The second-order valence-corrected chi connectivity index (χ2v) is 7.07. The molecule has 2 N–H and O–H groups in total. The lowest BCUT2D eigenvalue weighted by Gasteiger charge is -2.14. The number of ether oxygens (including phenoxy) is 1. The number of benzene rings is 1. The number of aryl methyl sites for hydroxylation is 1. The van der Waals surface area contributed by atoms with Gasteiger partial charge in [0.1, 0.15) is 4.90 Å². The van der Waals surface area contributed by atoms with Gasteiger partial charge in [-0.1, -0.05) is 23.2 Å². The number of hydrogen-bond donors (Lipinski definition) is 2. The van der Waals surface area contributed by atoms with Crippen LogP contribution in [0.25, 0.3) is 0 Å². The average Bonchev–Trinajstić information content (AvgIpc) is 2.40. The first-order chi connectivity index (χ1) is 9.81. The van der Waals surface area contributed by atoms with E-state index in [0.717, 1.165) is 0 Å². The lowest BCUT2D eigenvalue weighted by atomic mass is 10.2. The second kappa shape index (κ2) is 8.31. The van der Waals surface area contributed by atoms with Gasteiger partial charge >= 0.3 is 0 Å². The molecule has 1 aromatic carbocycles. The highest BCUT2D eigenvalue weighted by Crippen LogP contribution is 2.33. The molecule has 1 rings (SSSR count). The number of halogens is 2. The molecule has 0 saturated carbocycles. The maximum absolute atomic E-state index is 12.4. The summed E-state index contributed by atoms with van der Waals surface area (Å²) in [6, 6.07) is 1.66. The quantitative estimate of drug-likeness (QED) is 0.701. The van der Waals surface area contributed by atoms with Crippen LogP contribution >= 0.6 is 23.2 Å². The lowest BCUT2D eigenvalue weighted by Crippen LogP contribution is -2.33. The molecule has 0 saturated heterocycles. The van der Waals surface area contributed by atoms with Crippen LogP contribution in [0.15, 0.2) is 11.0 Å². The van der Waals surface area contributed by atoms with Crippen LogP contribution in [0.4, 0.5) is 0 Å². The summed E-state index contributed by atoms with van der Waals surface area (Å²) in [6.07, 6.45) is 0. The molecule has 21 heavy (non-hydrogen) atoms. The van der Waals surface area contributed by atoms with Gasteiger partial charge in [0.25, 0.3) is 0 Å². The summed E-state index contributed by atoms with van der Waals surface area (Å²) in [5, 5.41) is 3.64. The van der Waals surface area contributed by atoms with Gasteiger partial charge in [-0.3, -0.25) is 0 Å². The van der Waals surface area contributed by atoms with Crippen molar-refractivity contribution in [2.75, 3.05) is 33.4 Å². The minimum atomic E-state index is -3.70. The zero-order chi connectivity index (χ0) is 16.0. The van der Waals surface area contributed by atoms with Crippen LogP contribution in [0.5, 0.6) is 0 Å². The number of methoxy groups -OCH3 is 1. The maximum Gasteiger partial charge on any atom is 0.242 e. The standard InChI is InChI=1S/C13H20Cl2N2O3S/c1-9-8-11(14)10(2)13(12(9)15)21(18,19)17-5-4-16-6-7-20-3/h8,16-17H,4-7H2,1-3H3. The van der Waals surface area contributed by atoms with Gasteiger partial charge in [-0.05, 0) is 31.0 Å². The van der Waals surface area contributed by atoms with Gasteiger partial charge in [-0.15, -0.1) is 0 Å². The molecule has 0 spiro atoms. The predicted octanol–water partition coefficient (Wildman–Crippen LogP) is 2.12. The van der Waals surface area contributed by atoms with Crippen molar-refractivity contribution in [2.24, 2.45) is 0 Å². The molecule has 0 aliphatic heterocycles. The third kappa shape index (κ3) is 5.09. The molecule has 0 radical (unpaired) electrons. The van der Waals surface area contributed by atoms with Gasteiger partial charge in [-0.2, -0.15) is 0 Å². The summed E-state index contributed by atoms with van der Waals surface area (Å²) in [4.78, 5) is 0.0473. The summed E-state index contributed by atoms with van der Waals surface area (Å²) >= 11 is 12.2.